The van der Waals surface area contributed by atoms with E-state index >= 15 is 0 Å². The van der Waals surface area contributed by atoms with Gasteiger partial charge in [0, 0.05) is 24.9 Å². The van der Waals surface area contributed by atoms with Crippen molar-refractivity contribution in [3.05, 3.63) is 29.8 Å². The van der Waals surface area contributed by atoms with Crippen LogP contribution < -0.4 is 4.74 Å². The average molecular weight is 303 g/mol. The molecular weight excluding hydrogens is 274 g/mol. The summed E-state index contributed by atoms with van der Waals surface area (Å²) in [6.07, 6.45) is 5.37. The van der Waals surface area contributed by atoms with Crippen LogP contribution in [0.1, 0.15) is 57.4 Å². The van der Waals surface area contributed by atoms with Crippen LogP contribution in [0.3, 0.4) is 0 Å². The molecule has 0 radical (unpaired) electrons. The van der Waals surface area contributed by atoms with E-state index in [1.165, 1.54) is 18.4 Å². The Morgan fingerprint density at radius 3 is 2.50 bits per heavy atom. The molecular formula is C19H29NO2. The average Bonchev–Trinajstić information content (AvgIpc) is 2.82. The quantitative estimate of drug-likeness (QED) is 0.814. The molecule has 1 atom stereocenters. The van der Waals surface area contributed by atoms with Crippen LogP contribution in [-0.4, -0.2) is 31.0 Å². The van der Waals surface area contributed by atoms with Gasteiger partial charge in [-0.25, -0.2) is 0 Å². The molecule has 1 fully saturated rings. The maximum atomic E-state index is 12.7. The van der Waals surface area contributed by atoms with Gasteiger partial charge in [0.15, 0.2) is 0 Å². The maximum absolute atomic E-state index is 12.7. The smallest absolute Gasteiger partial charge is 0.225 e. The molecule has 3 nitrogen and oxygen atoms in total. The van der Waals surface area contributed by atoms with E-state index in [1.807, 2.05) is 12.1 Å². The third kappa shape index (κ3) is 4.02. The predicted molar refractivity (Wildman–Crippen MR) is 90.2 cm³/mol. The summed E-state index contributed by atoms with van der Waals surface area (Å²) in [6.45, 7) is 6.01. The Labute approximate surface area is 134 Å². The van der Waals surface area contributed by atoms with Crippen LogP contribution in [0.5, 0.6) is 5.75 Å². The number of ether oxygens (including phenoxy) is 1. The Balaban J connectivity index is 2.10. The lowest BCUT2D eigenvalue weighted by atomic mass is 9.93. The third-order valence-corrected chi connectivity index (χ3v) is 4.91. The topological polar surface area (TPSA) is 29.5 Å². The lowest BCUT2D eigenvalue weighted by Crippen LogP contribution is -2.38. The predicted octanol–water partition coefficient (Wildman–Crippen LogP) is 4.23. The van der Waals surface area contributed by atoms with Crippen molar-refractivity contribution >= 4 is 5.91 Å². The SMILES string of the molecule is CCC(CC)C(=O)N1CCCCC(c2ccc(OC)cc2)C1. The molecule has 0 saturated carbocycles. The molecule has 0 bridgehead atoms. The van der Waals surface area contributed by atoms with Crippen LogP contribution >= 0.6 is 0 Å². The van der Waals surface area contributed by atoms with Crippen LogP contribution in [-0.2, 0) is 4.79 Å². The van der Waals surface area contributed by atoms with E-state index < -0.39 is 0 Å². The van der Waals surface area contributed by atoms with Gasteiger partial charge in [-0.1, -0.05) is 32.4 Å². The van der Waals surface area contributed by atoms with Gasteiger partial charge in [0.05, 0.1) is 7.11 Å². The normalized spacial score (nSPS) is 19.1. The molecule has 1 unspecified atom stereocenters. The minimum absolute atomic E-state index is 0.189. The molecule has 0 N–H and O–H groups in total. The first-order chi connectivity index (χ1) is 10.7. The van der Waals surface area contributed by atoms with Gasteiger partial charge in [-0.3, -0.25) is 4.79 Å². The van der Waals surface area contributed by atoms with E-state index in [2.05, 4.69) is 30.9 Å². The summed E-state index contributed by atoms with van der Waals surface area (Å²) in [7, 11) is 1.69. The van der Waals surface area contributed by atoms with Crippen LogP contribution in [0.25, 0.3) is 0 Å². The van der Waals surface area contributed by atoms with Crippen LogP contribution in [0, 0.1) is 5.92 Å². The highest BCUT2D eigenvalue weighted by Gasteiger charge is 2.26. The second-order valence-corrected chi connectivity index (χ2v) is 6.26. The Bertz CT molecular complexity index is 465. The third-order valence-electron chi connectivity index (χ3n) is 4.91. The molecule has 1 amide bonds. The fourth-order valence-corrected chi connectivity index (χ4v) is 3.39. The maximum Gasteiger partial charge on any atom is 0.225 e. The minimum atomic E-state index is 0.189. The number of rotatable bonds is 5. The van der Waals surface area contributed by atoms with Gasteiger partial charge in [-0.15, -0.1) is 0 Å². The highest BCUT2D eigenvalue weighted by atomic mass is 16.5. The zero-order valence-electron chi connectivity index (χ0n) is 14.2. The lowest BCUT2D eigenvalue weighted by molar-refractivity contribution is -0.135. The van der Waals surface area contributed by atoms with Gasteiger partial charge >= 0.3 is 0 Å². The molecule has 1 aliphatic heterocycles. The molecule has 0 aliphatic carbocycles. The molecule has 1 aromatic carbocycles. The van der Waals surface area contributed by atoms with Crippen LogP contribution in [0.2, 0.25) is 0 Å². The highest BCUT2D eigenvalue weighted by molar-refractivity contribution is 5.78. The summed E-state index contributed by atoms with van der Waals surface area (Å²) in [6, 6.07) is 8.34. The Hall–Kier alpha value is -1.51. The molecule has 2 rings (SSSR count). The summed E-state index contributed by atoms with van der Waals surface area (Å²) in [5.74, 6) is 1.88. The second-order valence-electron chi connectivity index (χ2n) is 6.26. The van der Waals surface area contributed by atoms with Crippen molar-refractivity contribution in [2.75, 3.05) is 20.2 Å². The van der Waals surface area contributed by atoms with Crippen molar-refractivity contribution in [1.29, 1.82) is 0 Å². The van der Waals surface area contributed by atoms with Crippen molar-refractivity contribution in [2.24, 2.45) is 5.92 Å². The summed E-state index contributed by atoms with van der Waals surface area (Å²) in [4.78, 5) is 14.8. The lowest BCUT2D eigenvalue weighted by Gasteiger charge is -2.28. The molecule has 0 aromatic heterocycles. The van der Waals surface area contributed by atoms with Crippen molar-refractivity contribution in [3.8, 4) is 5.75 Å². The number of benzene rings is 1. The van der Waals surface area contributed by atoms with Crippen molar-refractivity contribution in [2.45, 2.75) is 51.9 Å². The highest BCUT2D eigenvalue weighted by Crippen LogP contribution is 2.29. The second kappa shape index (κ2) is 8.21. The number of hydrogen-bond donors (Lipinski definition) is 0. The van der Waals surface area contributed by atoms with Gasteiger partial charge in [0.25, 0.3) is 0 Å². The van der Waals surface area contributed by atoms with Crippen molar-refractivity contribution in [1.82, 2.24) is 4.90 Å². The Kier molecular flexibility index (Phi) is 6.29. The van der Waals surface area contributed by atoms with Crippen molar-refractivity contribution in [3.63, 3.8) is 0 Å². The van der Waals surface area contributed by atoms with E-state index in [9.17, 15) is 4.79 Å². The summed E-state index contributed by atoms with van der Waals surface area (Å²) >= 11 is 0. The molecule has 0 spiro atoms. The fraction of sp³-hybridized carbons (Fsp3) is 0.632. The number of carbonyl (C=O) groups excluding carboxylic acids is 1. The molecule has 122 valence electrons. The van der Waals surface area contributed by atoms with E-state index in [0.717, 1.165) is 38.1 Å². The fourth-order valence-electron chi connectivity index (χ4n) is 3.39. The van der Waals surface area contributed by atoms with Gasteiger partial charge < -0.3 is 9.64 Å². The number of amides is 1. The molecule has 1 saturated heterocycles. The first-order valence-electron chi connectivity index (χ1n) is 8.62. The first kappa shape index (κ1) is 16.9. The first-order valence-corrected chi connectivity index (χ1v) is 8.62. The molecule has 1 aliphatic rings. The van der Waals surface area contributed by atoms with Gasteiger partial charge in [-0.2, -0.15) is 0 Å². The van der Waals surface area contributed by atoms with Crippen molar-refractivity contribution < 1.29 is 9.53 Å². The number of methoxy groups -OCH3 is 1. The van der Waals surface area contributed by atoms with Gasteiger partial charge in [-0.05, 0) is 43.4 Å². The molecule has 3 heteroatoms. The largest absolute Gasteiger partial charge is 0.497 e. The standard InChI is InChI=1S/C19H29NO2/c1-4-15(5-2)19(21)20-13-7-6-8-17(14-20)16-9-11-18(22-3)12-10-16/h9-12,15,17H,4-8,13-14H2,1-3H3. The van der Waals surface area contributed by atoms with E-state index in [0.29, 0.717) is 11.8 Å². The van der Waals surface area contributed by atoms with Gasteiger partial charge in [0.2, 0.25) is 5.91 Å². The Morgan fingerprint density at radius 2 is 1.91 bits per heavy atom. The summed E-state index contributed by atoms with van der Waals surface area (Å²) in [5.41, 5.74) is 1.32. The Morgan fingerprint density at radius 1 is 1.23 bits per heavy atom. The number of carbonyl (C=O) groups is 1. The van der Waals surface area contributed by atoms with Crippen LogP contribution in [0.15, 0.2) is 24.3 Å². The molecule has 22 heavy (non-hydrogen) atoms. The van der Waals surface area contributed by atoms with Crippen LogP contribution in [0.4, 0.5) is 0 Å². The monoisotopic (exact) mass is 303 g/mol. The summed E-state index contributed by atoms with van der Waals surface area (Å²) in [5, 5.41) is 0. The number of hydrogen-bond acceptors (Lipinski definition) is 2. The molecule has 1 aromatic rings. The number of nitrogens with zero attached hydrogens (tertiary/aromatic N) is 1. The minimum Gasteiger partial charge on any atom is -0.497 e. The zero-order chi connectivity index (χ0) is 15.9. The summed E-state index contributed by atoms with van der Waals surface area (Å²) < 4.78 is 5.24. The number of likely N-dealkylation sites (tertiary alicyclic amines) is 1. The van der Waals surface area contributed by atoms with E-state index in [1.54, 1.807) is 7.11 Å². The van der Waals surface area contributed by atoms with Gasteiger partial charge in [0.1, 0.15) is 5.75 Å². The van der Waals surface area contributed by atoms with E-state index in [4.69, 9.17) is 4.74 Å². The molecule has 1 heterocycles. The van der Waals surface area contributed by atoms with E-state index in [-0.39, 0.29) is 5.92 Å². The zero-order valence-corrected chi connectivity index (χ0v) is 14.2.